The lowest BCUT2D eigenvalue weighted by Crippen LogP contribution is -2.10. The van der Waals surface area contributed by atoms with Gasteiger partial charge in [0.1, 0.15) is 22.3 Å². The first-order valence-corrected chi connectivity index (χ1v) is 38.3. The molecule has 0 saturated carbocycles. The average Bonchev–Trinajstić information content (AvgIpc) is 1.55. The van der Waals surface area contributed by atoms with Crippen molar-refractivity contribution in [3.8, 4) is 100 Å². The van der Waals surface area contributed by atoms with Crippen molar-refractivity contribution in [1.29, 1.82) is 0 Å². The molecule has 0 bridgehead atoms. The van der Waals surface area contributed by atoms with E-state index in [2.05, 4.69) is 428 Å². The summed E-state index contributed by atoms with van der Waals surface area (Å²) in [5.74, 6) is 0. The van der Waals surface area contributed by atoms with Crippen LogP contribution in [0.15, 0.2) is 433 Å². The van der Waals surface area contributed by atoms with E-state index in [1.165, 1.54) is 49.0 Å². The summed E-state index contributed by atoms with van der Waals surface area (Å²) < 4.78 is 13.5. The highest BCUT2D eigenvalue weighted by Crippen LogP contribution is 2.49. The Bertz CT molecular complexity index is 7130. The minimum Gasteiger partial charge on any atom is -0.456 e. The largest absolute Gasteiger partial charge is 0.456 e. The van der Waals surface area contributed by atoms with Crippen molar-refractivity contribution in [3.63, 3.8) is 0 Å². The van der Waals surface area contributed by atoms with E-state index < -0.39 is 0 Å². The Balaban J connectivity index is 0.595. The summed E-state index contributed by atoms with van der Waals surface area (Å²) in [6.45, 7) is 0. The van der Waals surface area contributed by atoms with Gasteiger partial charge in [-0.05, 0) is 213 Å². The summed E-state index contributed by atoms with van der Waals surface area (Å²) in [6, 6.07) is 154. The third-order valence-electron chi connectivity index (χ3n) is 22.5. The molecule has 0 N–H and O–H groups in total. The number of anilines is 6. The van der Waals surface area contributed by atoms with Crippen LogP contribution in [0, 0.1) is 0 Å². The number of fused-ring (bicyclic) bond motifs is 9. The van der Waals surface area contributed by atoms with Crippen LogP contribution in [-0.2, 0) is 0 Å². The van der Waals surface area contributed by atoms with Gasteiger partial charge in [-0.2, -0.15) is 0 Å². The summed E-state index contributed by atoms with van der Waals surface area (Å²) in [6.07, 6.45) is 0. The summed E-state index contributed by atoms with van der Waals surface area (Å²) in [5.41, 5.74) is 30.4. The predicted octanol–water partition coefficient (Wildman–Crippen LogP) is 30.9. The fourth-order valence-electron chi connectivity index (χ4n) is 17.1. The van der Waals surface area contributed by atoms with Gasteiger partial charge in [-0.3, -0.25) is 0 Å². The quantitative estimate of drug-likeness (QED) is 0.102. The molecule has 0 amide bonds. The Labute approximate surface area is 649 Å². The highest BCUT2D eigenvalue weighted by Gasteiger charge is 2.24. The molecule has 21 aromatic rings. The Hall–Kier alpha value is -14.8. The van der Waals surface area contributed by atoms with Crippen molar-refractivity contribution in [3.05, 3.63) is 425 Å². The van der Waals surface area contributed by atoms with Crippen LogP contribution in [-0.4, -0.2) is 0 Å². The number of para-hydroxylation sites is 2. The third kappa shape index (κ3) is 11.6. The molecule has 524 valence electrons. The normalized spacial score (nSPS) is 11.6. The van der Waals surface area contributed by atoms with E-state index in [1.54, 1.807) is 0 Å². The van der Waals surface area contributed by atoms with E-state index in [9.17, 15) is 0 Å². The molecule has 0 aliphatic heterocycles. The van der Waals surface area contributed by atoms with Crippen molar-refractivity contribution < 1.29 is 8.83 Å². The minimum absolute atomic E-state index is 0.852. The molecular weight excluding hydrogens is 1360 g/mol. The van der Waals surface area contributed by atoms with Crippen molar-refractivity contribution in [2.45, 2.75) is 0 Å². The number of nitrogens with zero attached hydrogens (tertiary/aromatic N) is 2. The topological polar surface area (TPSA) is 32.8 Å². The molecule has 4 heteroatoms. The maximum atomic E-state index is 7.07. The highest BCUT2D eigenvalue weighted by molar-refractivity contribution is 6.18. The van der Waals surface area contributed by atoms with Gasteiger partial charge in [-0.15, -0.1) is 0 Å². The molecule has 0 fully saturated rings. The van der Waals surface area contributed by atoms with Crippen molar-refractivity contribution in [2.75, 3.05) is 9.80 Å². The number of rotatable bonds is 15. The van der Waals surface area contributed by atoms with Gasteiger partial charge in [0.2, 0.25) is 0 Å². The summed E-state index contributed by atoms with van der Waals surface area (Å²) in [4.78, 5) is 4.78. The predicted molar refractivity (Wildman–Crippen MR) is 472 cm³/mol. The third-order valence-corrected chi connectivity index (χ3v) is 22.5. The van der Waals surface area contributed by atoms with Crippen LogP contribution < -0.4 is 9.80 Å². The van der Waals surface area contributed by atoms with Gasteiger partial charge in [-0.1, -0.05) is 328 Å². The zero-order valence-electron chi connectivity index (χ0n) is 61.1. The fraction of sp³-hybridized carbons (Fsp3) is 0. The Morgan fingerprint density at radius 1 is 0.161 bits per heavy atom. The van der Waals surface area contributed by atoms with Crippen molar-refractivity contribution >= 4 is 110 Å². The number of furan rings is 2. The molecular formula is C108H70N2O2. The van der Waals surface area contributed by atoms with Gasteiger partial charge in [-0.25, -0.2) is 0 Å². The zero-order valence-corrected chi connectivity index (χ0v) is 61.1. The second kappa shape index (κ2) is 27.7. The van der Waals surface area contributed by atoms with Crippen molar-refractivity contribution in [1.82, 2.24) is 0 Å². The summed E-state index contributed by atoms with van der Waals surface area (Å²) in [7, 11) is 0. The molecule has 0 radical (unpaired) electrons. The smallest absolute Gasteiger partial charge is 0.143 e. The molecule has 0 aliphatic carbocycles. The maximum Gasteiger partial charge on any atom is 0.143 e. The molecule has 0 atom stereocenters. The van der Waals surface area contributed by atoms with Gasteiger partial charge in [0.25, 0.3) is 0 Å². The van der Waals surface area contributed by atoms with Gasteiger partial charge in [0.05, 0.1) is 11.4 Å². The van der Waals surface area contributed by atoms with Gasteiger partial charge < -0.3 is 18.6 Å². The molecule has 0 saturated heterocycles. The number of benzene rings is 19. The van der Waals surface area contributed by atoms with Gasteiger partial charge in [0.15, 0.2) is 0 Å². The van der Waals surface area contributed by atoms with Crippen LogP contribution in [0.4, 0.5) is 34.1 Å². The maximum absolute atomic E-state index is 7.07. The first kappa shape index (κ1) is 65.5. The first-order valence-electron chi connectivity index (χ1n) is 38.3. The lowest BCUT2D eigenvalue weighted by Gasteiger charge is -2.27. The molecule has 0 spiro atoms. The average molecular weight is 1430 g/mol. The lowest BCUT2D eigenvalue weighted by atomic mass is 9.88. The minimum atomic E-state index is 0.852. The van der Waals surface area contributed by atoms with Crippen LogP contribution >= 0.6 is 0 Å². The van der Waals surface area contributed by atoms with E-state index >= 15 is 0 Å². The fourth-order valence-corrected chi connectivity index (χ4v) is 17.1. The van der Waals surface area contributed by atoms with E-state index in [-0.39, 0.29) is 0 Å². The second-order valence-corrected chi connectivity index (χ2v) is 29.0. The molecule has 2 heterocycles. The van der Waals surface area contributed by atoms with Crippen LogP contribution in [0.5, 0.6) is 0 Å². The molecule has 112 heavy (non-hydrogen) atoms. The zero-order chi connectivity index (χ0) is 74.0. The summed E-state index contributed by atoms with van der Waals surface area (Å²) >= 11 is 0. The Morgan fingerprint density at radius 2 is 0.482 bits per heavy atom. The van der Waals surface area contributed by atoms with Crippen LogP contribution in [0.1, 0.15) is 0 Å². The standard InChI is InChI=1S/C108H70N2O2/c1-3-21-78(22-4-1)99-69-82(55-65-93(99)95-37-20-42-105-106(95)97-34-13-15-40-103(97)111-105)73-49-59-85(60-50-73)109(101-38-18-29-76-26-8-11-32-90(76)101)84-57-47-72(48-58-84)71-43-45-81(46-44-71)92-67-68-96(108-107(92)98-35-14-16-41-104(98)112-108)94-66-56-83(70-100(94)79-23-5-2-6-24-79)74-51-61-86(62-52-74)110(102-39-19-30-77-27-9-12-33-91(77)102)87-63-53-80(54-64-87)89-36-17-28-75-25-7-10-31-88(75)89/h1-70H. The molecule has 21 rings (SSSR count). The molecule has 0 unspecified atom stereocenters. The number of hydrogen-bond acceptors (Lipinski definition) is 4. The summed E-state index contributed by atoms with van der Waals surface area (Å²) in [5, 5.41) is 11.6. The highest BCUT2D eigenvalue weighted by atomic mass is 16.3. The molecule has 19 aromatic carbocycles. The van der Waals surface area contributed by atoms with Gasteiger partial charge >= 0.3 is 0 Å². The molecule has 0 aliphatic rings. The monoisotopic (exact) mass is 1430 g/mol. The SMILES string of the molecule is c1ccc(-c2cc(-c3ccc(N(c4ccc(-c5cccc6ccccc56)cc4)c4cccc5ccccc45)cc3)ccc2-c2ccc(-c3ccc(-c4ccc(N(c5ccc(-c6ccc(-c7cccc8oc9ccccc9c78)c(-c7ccccc7)c6)cc5)c5cccc6ccccc56)cc4)cc3)c3c2oc2ccccc23)cc1. The van der Waals surface area contributed by atoms with Crippen LogP contribution in [0.25, 0.3) is 176 Å². The first-order chi connectivity index (χ1) is 55.5. The van der Waals surface area contributed by atoms with Gasteiger partial charge in [0, 0.05) is 60.6 Å². The van der Waals surface area contributed by atoms with Crippen molar-refractivity contribution in [2.24, 2.45) is 0 Å². The Kier molecular flexibility index (Phi) is 16.2. The molecule has 2 aromatic heterocycles. The second-order valence-electron chi connectivity index (χ2n) is 29.0. The van der Waals surface area contributed by atoms with E-state index in [0.29, 0.717) is 0 Å². The van der Waals surface area contributed by atoms with E-state index in [0.717, 1.165) is 161 Å². The van der Waals surface area contributed by atoms with E-state index in [1.807, 2.05) is 6.07 Å². The molecule has 4 nitrogen and oxygen atoms in total. The Morgan fingerprint density at radius 3 is 1.01 bits per heavy atom. The van der Waals surface area contributed by atoms with Crippen LogP contribution in [0.2, 0.25) is 0 Å². The lowest BCUT2D eigenvalue weighted by molar-refractivity contribution is 0.669. The number of hydrogen-bond donors (Lipinski definition) is 0. The van der Waals surface area contributed by atoms with E-state index in [4.69, 9.17) is 8.83 Å². The van der Waals surface area contributed by atoms with Crippen LogP contribution in [0.3, 0.4) is 0 Å².